The van der Waals surface area contributed by atoms with Crippen LogP contribution in [0.3, 0.4) is 0 Å². The van der Waals surface area contributed by atoms with Gasteiger partial charge in [0, 0.05) is 12.3 Å². The second-order valence-electron chi connectivity index (χ2n) is 2.07. The van der Waals surface area contributed by atoms with Crippen molar-refractivity contribution >= 4 is 10.8 Å². The van der Waals surface area contributed by atoms with Crippen molar-refractivity contribution in [1.82, 2.24) is 0 Å². The maximum absolute atomic E-state index is 12.7. The minimum absolute atomic E-state index is 0.114. The Morgan fingerprint density at radius 3 is 2.64 bits per heavy atom. The van der Waals surface area contributed by atoms with Crippen molar-refractivity contribution in [1.29, 1.82) is 0 Å². The van der Waals surface area contributed by atoms with Gasteiger partial charge in [-0.05, 0) is 12.1 Å². The first-order valence-electron chi connectivity index (χ1n) is 2.93. The lowest BCUT2D eigenvalue weighted by atomic mass is 10.3. The van der Waals surface area contributed by atoms with Crippen LogP contribution >= 0.6 is 0 Å². The molecule has 0 saturated carbocycles. The van der Waals surface area contributed by atoms with E-state index in [0.29, 0.717) is 0 Å². The van der Waals surface area contributed by atoms with Crippen LogP contribution in [0.2, 0.25) is 0 Å². The number of hydrogen-bond donors (Lipinski definition) is 1. The molecule has 0 fully saturated rings. The zero-order valence-electron chi connectivity index (χ0n) is 5.87. The smallest absolute Gasteiger partial charge is 0.142 e. The van der Waals surface area contributed by atoms with Crippen LogP contribution in [0.4, 0.5) is 4.39 Å². The third-order valence-electron chi connectivity index (χ3n) is 1.23. The van der Waals surface area contributed by atoms with Crippen molar-refractivity contribution in [3.8, 4) is 5.75 Å². The van der Waals surface area contributed by atoms with Gasteiger partial charge < -0.3 is 5.11 Å². The second-order valence-corrected chi connectivity index (χ2v) is 3.42. The number of phenolic OH excluding ortho intramolecular Hbond substituents is 1. The summed E-state index contributed by atoms with van der Waals surface area (Å²) in [6.45, 7) is 0. The summed E-state index contributed by atoms with van der Waals surface area (Å²) < 4.78 is 23.5. The molecule has 0 heterocycles. The van der Waals surface area contributed by atoms with Crippen molar-refractivity contribution in [2.75, 3.05) is 6.26 Å². The molecule has 0 bridgehead atoms. The molecule has 1 unspecified atom stereocenters. The predicted molar refractivity (Wildman–Crippen MR) is 40.4 cm³/mol. The first-order valence-corrected chi connectivity index (χ1v) is 4.49. The molecule has 1 aromatic carbocycles. The van der Waals surface area contributed by atoms with Gasteiger partial charge in [0.1, 0.15) is 11.6 Å². The highest BCUT2D eigenvalue weighted by atomic mass is 32.2. The zero-order valence-corrected chi connectivity index (χ0v) is 6.69. The molecule has 0 radical (unpaired) electrons. The van der Waals surface area contributed by atoms with E-state index in [-0.39, 0.29) is 10.6 Å². The van der Waals surface area contributed by atoms with E-state index >= 15 is 0 Å². The van der Waals surface area contributed by atoms with E-state index < -0.39 is 16.6 Å². The second kappa shape index (κ2) is 3.00. The molecule has 0 aliphatic carbocycles. The van der Waals surface area contributed by atoms with Gasteiger partial charge in [0.15, 0.2) is 0 Å². The molecule has 0 spiro atoms. The molecular weight excluding hydrogens is 167 g/mol. The van der Waals surface area contributed by atoms with Crippen LogP contribution in [0.5, 0.6) is 5.75 Å². The minimum Gasteiger partial charge on any atom is -0.508 e. The molecule has 1 aromatic rings. The molecule has 4 heteroatoms. The third-order valence-corrected chi connectivity index (χ3v) is 2.18. The van der Waals surface area contributed by atoms with E-state index in [9.17, 15) is 8.60 Å². The maximum atomic E-state index is 12.7. The Kier molecular flexibility index (Phi) is 2.24. The van der Waals surface area contributed by atoms with E-state index in [1.165, 1.54) is 18.4 Å². The Bertz CT molecular complexity index is 298. The topological polar surface area (TPSA) is 37.3 Å². The number of aromatic hydroxyl groups is 1. The molecule has 1 N–H and O–H groups in total. The third kappa shape index (κ3) is 1.77. The summed E-state index contributed by atoms with van der Waals surface area (Å²) in [4.78, 5) is 0.114. The van der Waals surface area contributed by atoms with Crippen LogP contribution in [-0.2, 0) is 10.8 Å². The van der Waals surface area contributed by atoms with Crippen molar-refractivity contribution in [2.45, 2.75) is 4.90 Å². The molecule has 0 aromatic heterocycles. The van der Waals surface area contributed by atoms with Gasteiger partial charge in [-0.3, -0.25) is 4.21 Å². The molecule has 1 rings (SSSR count). The standard InChI is InChI=1S/C7H7FO2S/c1-11(10)7-3-2-5(9)4-6(7)8/h2-4,9H,1H3. The van der Waals surface area contributed by atoms with Crippen LogP contribution in [0.25, 0.3) is 0 Å². The van der Waals surface area contributed by atoms with Crippen molar-refractivity contribution in [3.05, 3.63) is 24.0 Å². The molecule has 0 aliphatic heterocycles. The summed E-state index contributed by atoms with van der Waals surface area (Å²) >= 11 is 0. The van der Waals surface area contributed by atoms with Gasteiger partial charge >= 0.3 is 0 Å². The van der Waals surface area contributed by atoms with E-state index in [1.54, 1.807) is 0 Å². The van der Waals surface area contributed by atoms with Crippen molar-refractivity contribution in [3.63, 3.8) is 0 Å². The lowest BCUT2D eigenvalue weighted by molar-refractivity contribution is 0.466. The number of rotatable bonds is 1. The molecule has 0 amide bonds. The largest absolute Gasteiger partial charge is 0.508 e. The number of hydrogen-bond acceptors (Lipinski definition) is 2. The fourth-order valence-electron chi connectivity index (χ4n) is 0.723. The monoisotopic (exact) mass is 174 g/mol. The minimum atomic E-state index is -1.33. The summed E-state index contributed by atoms with van der Waals surface area (Å²) in [5.74, 6) is -0.789. The highest BCUT2D eigenvalue weighted by Gasteiger charge is 2.05. The molecule has 1 atom stereocenters. The van der Waals surface area contributed by atoms with Gasteiger partial charge in [-0.2, -0.15) is 0 Å². The van der Waals surface area contributed by atoms with Crippen LogP contribution < -0.4 is 0 Å². The predicted octanol–water partition coefficient (Wildman–Crippen LogP) is 1.27. The van der Waals surface area contributed by atoms with Crippen LogP contribution in [-0.4, -0.2) is 15.6 Å². The lowest BCUT2D eigenvalue weighted by Crippen LogP contribution is -1.91. The van der Waals surface area contributed by atoms with Gasteiger partial charge in [-0.15, -0.1) is 0 Å². The van der Waals surface area contributed by atoms with Crippen molar-refractivity contribution < 1.29 is 13.7 Å². The number of benzene rings is 1. The number of phenols is 1. The van der Waals surface area contributed by atoms with Crippen molar-refractivity contribution in [2.24, 2.45) is 0 Å². The first kappa shape index (κ1) is 8.20. The maximum Gasteiger partial charge on any atom is 0.142 e. The average molecular weight is 174 g/mol. The van der Waals surface area contributed by atoms with Gasteiger partial charge in [0.25, 0.3) is 0 Å². The molecule has 60 valence electrons. The Labute approximate surface area is 66.1 Å². The molecule has 0 saturated heterocycles. The van der Waals surface area contributed by atoms with Crippen LogP contribution in [0, 0.1) is 5.82 Å². The van der Waals surface area contributed by atoms with Gasteiger partial charge in [-0.1, -0.05) is 0 Å². The normalized spacial score (nSPS) is 12.9. The summed E-state index contributed by atoms with van der Waals surface area (Å²) in [5.41, 5.74) is 0. The average Bonchev–Trinajstić information content (AvgIpc) is 1.85. The summed E-state index contributed by atoms with van der Waals surface area (Å²) in [6.07, 6.45) is 1.38. The first-order chi connectivity index (χ1) is 5.11. The molecule has 2 nitrogen and oxygen atoms in total. The van der Waals surface area contributed by atoms with Gasteiger partial charge in [-0.25, -0.2) is 4.39 Å². The fourth-order valence-corrected chi connectivity index (χ4v) is 1.32. The Morgan fingerprint density at radius 1 is 1.55 bits per heavy atom. The van der Waals surface area contributed by atoms with E-state index in [2.05, 4.69) is 0 Å². The summed E-state index contributed by atoms with van der Waals surface area (Å²) in [6, 6.07) is 3.55. The molecule has 0 aliphatic rings. The SMILES string of the molecule is CS(=O)c1ccc(O)cc1F. The Hall–Kier alpha value is -0.900. The summed E-state index contributed by atoms with van der Waals surface area (Å²) in [5, 5.41) is 8.78. The van der Waals surface area contributed by atoms with E-state index in [1.807, 2.05) is 0 Å². The van der Waals surface area contributed by atoms with Gasteiger partial charge in [0.2, 0.25) is 0 Å². The van der Waals surface area contributed by atoms with Crippen LogP contribution in [0.15, 0.2) is 23.1 Å². The Balaban J connectivity index is 3.20. The lowest BCUT2D eigenvalue weighted by Gasteiger charge is -1.97. The molecule has 11 heavy (non-hydrogen) atoms. The van der Waals surface area contributed by atoms with E-state index in [4.69, 9.17) is 5.11 Å². The highest BCUT2D eigenvalue weighted by Crippen LogP contribution is 2.16. The quantitative estimate of drug-likeness (QED) is 0.696. The molecular formula is C7H7FO2S. The van der Waals surface area contributed by atoms with Gasteiger partial charge in [0.05, 0.1) is 15.7 Å². The number of halogens is 1. The fraction of sp³-hybridized carbons (Fsp3) is 0.143. The van der Waals surface area contributed by atoms with E-state index in [0.717, 1.165) is 6.07 Å². The highest BCUT2D eigenvalue weighted by molar-refractivity contribution is 7.84. The summed E-state index contributed by atoms with van der Waals surface area (Å²) in [7, 11) is -1.33. The van der Waals surface area contributed by atoms with Crippen LogP contribution in [0.1, 0.15) is 0 Å². The Morgan fingerprint density at radius 2 is 2.18 bits per heavy atom. The zero-order chi connectivity index (χ0) is 8.43.